The van der Waals surface area contributed by atoms with Crippen LogP contribution in [0.1, 0.15) is 45.4 Å². The van der Waals surface area contributed by atoms with E-state index in [1.54, 1.807) is 0 Å². The smallest absolute Gasteiger partial charge is 0.305 e. The number of carbonyl (C=O) groups is 2. The van der Waals surface area contributed by atoms with E-state index in [4.69, 9.17) is 4.74 Å². The van der Waals surface area contributed by atoms with Crippen LogP contribution >= 0.6 is 0 Å². The second-order valence-electron chi connectivity index (χ2n) is 4.53. The van der Waals surface area contributed by atoms with Crippen LogP contribution in [-0.2, 0) is 19.1 Å². The second-order valence-corrected chi connectivity index (χ2v) is 4.53. The van der Waals surface area contributed by atoms with E-state index < -0.39 is 0 Å². The van der Waals surface area contributed by atoms with Gasteiger partial charge in [-0.2, -0.15) is 0 Å². The third kappa shape index (κ3) is 8.19. The second kappa shape index (κ2) is 9.36. The molecule has 1 aliphatic rings. The van der Waals surface area contributed by atoms with E-state index in [9.17, 15) is 9.59 Å². The van der Waals surface area contributed by atoms with Gasteiger partial charge in [-0.05, 0) is 32.1 Å². The number of unbranched alkanes of at least 4 members (excludes halogenated alkanes) is 1. The first-order valence-corrected chi connectivity index (χ1v) is 6.83. The predicted octanol–water partition coefficient (Wildman–Crippen LogP) is 2.93. The Morgan fingerprint density at radius 3 is 2.63 bits per heavy atom. The normalized spacial score (nSPS) is 13.8. The van der Waals surface area contributed by atoms with Gasteiger partial charge in [-0.1, -0.05) is 23.8 Å². The molecule has 0 fully saturated rings. The monoisotopic (exact) mass is 266 g/mol. The molecule has 0 aromatic carbocycles. The fourth-order valence-corrected chi connectivity index (χ4v) is 1.86. The molecule has 0 heterocycles. The van der Waals surface area contributed by atoms with E-state index in [1.165, 1.54) is 12.5 Å². The Balaban J connectivity index is 1.96. The minimum Gasteiger partial charge on any atom is -0.462 e. The Labute approximate surface area is 114 Å². The van der Waals surface area contributed by atoms with E-state index in [0.717, 1.165) is 32.1 Å². The van der Waals surface area contributed by atoms with Gasteiger partial charge in [0.2, 0.25) is 0 Å². The van der Waals surface area contributed by atoms with Gasteiger partial charge in [0.05, 0.1) is 0 Å². The molecule has 0 spiro atoms. The quantitative estimate of drug-likeness (QED) is 0.500. The van der Waals surface area contributed by atoms with Crippen LogP contribution in [0, 0.1) is 0 Å². The summed E-state index contributed by atoms with van der Waals surface area (Å²) >= 11 is 0. The summed E-state index contributed by atoms with van der Waals surface area (Å²) in [5.41, 5.74) is 1.37. The highest BCUT2D eigenvalue weighted by atomic mass is 16.6. The number of hydrogen-bond acceptors (Lipinski definition) is 4. The first kappa shape index (κ1) is 15.5. The Morgan fingerprint density at radius 1 is 1.16 bits per heavy atom. The van der Waals surface area contributed by atoms with Gasteiger partial charge in [-0.15, -0.1) is 0 Å². The topological polar surface area (TPSA) is 52.6 Å². The number of esters is 2. The Morgan fingerprint density at radius 2 is 1.95 bits per heavy atom. The van der Waals surface area contributed by atoms with Crippen LogP contribution < -0.4 is 0 Å². The lowest BCUT2D eigenvalue weighted by Crippen LogP contribution is -2.12. The van der Waals surface area contributed by atoms with Crippen molar-refractivity contribution in [3.8, 4) is 0 Å². The van der Waals surface area contributed by atoms with Crippen LogP contribution in [0.15, 0.2) is 23.8 Å². The van der Waals surface area contributed by atoms with Crippen molar-refractivity contribution in [3.05, 3.63) is 23.8 Å². The van der Waals surface area contributed by atoms with Crippen LogP contribution in [-0.4, -0.2) is 25.2 Å². The van der Waals surface area contributed by atoms with Crippen LogP contribution in [0.25, 0.3) is 0 Å². The van der Waals surface area contributed by atoms with E-state index in [1.807, 2.05) is 0 Å². The van der Waals surface area contributed by atoms with Gasteiger partial charge in [0, 0.05) is 13.3 Å². The highest BCUT2D eigenvalue weighted by Gasteiger charge is 2.04. The van der Waals surface area contributed by atoms with Crippen molar-refractivity contribution in [1.29, 1.82) is 0 Å². The highest BCUT2D eigenvalue weighted by Crippen LogP contribution is 2.16. The van der Waals surface area contributed by atoms with Gasteiger partial charge in [0.15, 0.2) is 0 Å². The zero-order chi connectivity index (χ0) is 13.9. The van der Waals surface area contributed by atoms with Crippen LogP contribution in [0.5, 0.6) is 0 Å². The lowest BCUT2D eigenvalue weighted by Gasteiger charge is -2.07. The Bertz CT molecular complexity index is 355. The van der Waals surface area contributed by atoms with Crippen molar-refractivity contribution in [2.75, 3.05) is 13.2 Å². The molecule has 1 rings (SSSR count). The number of hydrogen-bond donors (Lipinski definition) is 0. The first-order valence-electron chi connectivity index (χ1n) is 6.83. The Hall–Kier alpha value is -1.58. The SMILES string of the molecule is CC(=O)OCCOC(=O)CCCCC1=CCCC=C1. The van der Waals surface area contributed by atoms with E-state index in [-0.39, 0.29) is 25.2 Å². The molecule has 0 saturated heterocycles. The van der Waals surface area contributed by atoms with Gasteiger partial charge in [0.1, 0.15) is 13.2 Å². The molecule has 0 amide bonds. The molecule has 0 bridgehead atoms. The molecule has 106 valence electrons. The summed E-state index contributed by atoms with van der Waals surface area (Å²) in [7, 11) is 0. The Kier molecular flexibility index (Phi) is 7.63. The summed E-state index contributed by atoms with van der Waals surface area (Å²) in [5.74, 6) is -0.579. The summed E-state index contributed by atoms with van der Waals surface area (Å²) in [4.78, 5) is 21.8. The van der Waals surface area contributed by atoms with Gasteiger partial charge in [-0.3, -0.25) is 9.59 Å². The number of ether oxygens (including phenoxy) is 2. The average Bonchev–Trinajstić information content (AvgIpc) is 2.41. The van der Waals surface area contributed by atoms with Crippen LogP contribution in [0.2, 0.25) is 0 Å². The maximum absolute atomic E-state index is 11.3. The number of allylic oxidation sites excluding steroid dienone is 4. The molecular formula is C15H22O4. The molecule has 4 heteroatoms. The van der Waals surface area contributed by atoms with E-state index in [2.05, 4.69) is 23.0 Å². The molecular weight excluding hydrogens is 244 g/mol. The highest BCUT2D eigenvalue weighted by molar-refractivity contribution is 5.69. The zero-order valence-corrected chi connectivity index (χ0v) is 11.5. The third-order valence-corrected chi connectivity index (χ3v) is 2.82. The summed E-state index contributed by atoms with van der Waals surface area (Å²) in [6, 6.07) is 0. The molecule has 0 radical (unpaired) electrons. The molecule has 0 aromatic heterocycles. The van der Waals surface area contributed by atoms with Gasteiger partial charge >= 0.3 is 11.9 Å². The summed E-state index contributed by atoms with van der Waals surface area (Å²) in [6.45, 7) is 1.61. The minimum absolute atomic E-state index is 0.138. The third-order valence-electron chi connectivity index (χ3n) is 2.82. The molecule has 0 unspecified atom stereocenters. The molecule has 0 aromatic rings. The fourth-order valence-electron chi connectivity index (χ4n) is 1.86. The van der Waals surface area contributed by atoms with E-state index >= 15 is 0 Å². The number of carbonyl (C=O) groups excluding carboxylic acids is 2. The summed E-state index contributed by atoms with van der Waals surface area (Å²) in [5, 5.41) is 0. The first-order chi connectivity index (χ1) is 9.18. The zero-order valence-electron chi connectivity index (χ0n) is 11.5. The minimum atomic E-state index is -0.357. The van der Waals surface area contributed by atoms with Crippen LogP contribution in [0.3, 0.4) is 0 Å². The van der Waals surface area contributed by atoms with Crippen molar-refractivity contribution < 1.29 is 19.1 Å². The molecule has 19 heavy (non-hydrogen) atoms. The van der Waals surface area contributed by atoms with Gasteiger partial charge in [0.25, 0.3) is 0 Å². The largest absolute Gasteiger partial charge is 0.462 e. The van der Waals surface area contributed by atoms with Gasteiger partial charge < -0.3 is 9.47 Å². The molecule has 0 saturated carbocycles. The van der Waals surface area contributed by atoms with Crippen molar-refractivity contribution in [3.63, 3.8) is 0 Å². The maximum Gasteiger partial charge on any atom is 0.305 e. The average molecular weight is 266 g/mol. The summed E-state index contributed by atoms with van der Waals surface area (Å²) in [6.07, 6.45) is 12.2. The molecule has 0 N–H and O–H groups in total. The molecule has 0 aliphatic heterocycles. The van der Waals surface area contributed by atoms with Crippen molar-refractivity contribution >= 4 is 11.9 Å². The lowest BCUT2D eigenvalue weighted by molar-refractivity contribution is -0.151. The standard InChI is InChI=1S/C15H22O4/c1-13(16)18-11-12-19-15(17)10-6-5-9-14-7-3-2-4-8-14/h3,7-8H,2,4-6,9-12H2,1H3. The van der Waals surface area contributed by atoms with Crippen LogP contribution in [0.4, 0.5) is 0 Å². The van der Waals surface area contributed by atoms with Crippen molar-refractivity contribution in [2.24, 2.45) is 0 Å². The maximum atomic E-state index is 11.3. The summed E-state index contributed by atoms with van der Waals surface area (Å²) < 4.78 is 9.61. The predicted molar refractivity (Wildman–Crippen MR) is 72.5 cm³/mol. The molecule has 1 aliphatic carbocycles. The van der Waals surface area contributed by atoms with Crippen molar-refractivity contribution in [1.82, 2.24) is 0 Å². The molecule has 0 atom stereocenters. The van der Waals surface area contributed by atoms with E-state index in [0.29, 0.717) is 6.42 Å². The fraction of sp³-hybridized carbons (Fsp3) is 0.600. The lowest BCUT2D eigenvalue weighted by atomic mass is 10.0. The molecule has 4 nitrogen and oxygen atoms in total. The van der Waals surface area contributed by atoms with Gasteiger partial charge in [-0.25, -0.2) is 0 Å². The van der Waals surface area contributed by atoms with Crippen molar-refractivity contribution in [2.45, 2.75) is 45.4 Å². The number of rotatable bonds is 8.